The summed E-state index contributed by atoms with van der Waals surface area (Å²) < 4.78 is 0. The van der Waals surface area contributed by atoms with Crippen LogP contribution in [-0.4, -0.2) is 18.1 Å². The smallest absolute Gasteiger partial charge is 0.0650 e. The molecule has 2 nitrogen and oxygen atoms in total. The fraction of sp³-hybridized carbons (Fsp3) is 0.227. The van der Waals surface area contributed by atoms with Crippen molar-refractivity contribution in [2.45, 2.75) is 19.3 Å². The van der Waals surface area contributed by atoms with Crippen molar-refractivity contribution in [1.29, 1.82) is 0 Å². The molecule has 25 heavy (non-hydrogen) atoms. The number of anilines is 1. The molecule has 3 heteroatoms. The Kier molecular flexibility index (Phi) is 5.72. The van der Waals surface area contributed by atoms with Gasteiger partial charge in [-0.2, -0.15) is 0 Å². The fourth-order valence-electron chi connectivity index (χ4n) is 3.45. The summed E-state index contributed by atoms with van der Waals surface area (Å²) >= 11 is 0. The van der Waals surface area contributed by atoms with E-state index >= 15 is 0 Å². The number of halogens is 1. The molecule has 0 spiro atoms. The van der Waals surface area contributed by atoms with Crippen LogP contribution >= 0.6 is 12.4 Å². The Hall–Kier alpha value is -2.32. The zero-order chi connectivity index (χ0) is 16.2. The largest absolute Gasteiger partial charge is 0.371 e. The van der Waals surface area contributed by atoms with Crippen molar-refractivity contribution >= 4 is 41.0 Å². The van der Waals surface area contributed by atoms with E-state index in [1.807, 2.05) is 6.20 Å². The van der Waals surface area contributed by atoms with Crippen molar-refractivity contribution < 1.29 is 0 Å². The van der Waals surface area contributed by atoms with E-state index in [-0.39, 0.29) is 12.4 Å². The van der Waals surface area contributed by atoms with Crippen molar-refractivity contribution in [2.75, 3.05) is 18.0 Å². The monoisotopic (exact) mass is 350 g/mol. The molecule has 0 unspecified atom stereocenters. The van der Waals surface area contributed by atoms with Gasteiger partial charge in [0, 0.05) is 25.0 Å². The van der Waals surface area contributed by atoms with Crippen molar-refractivity contribution in [2.24, 2.45) is 0 Å². The number of hydrogen-bond acceptors (Lipinski definition) is 2. The lowest BCUT2D eigenvalue weighted by atomic mass is 10.0. The van der Waals surface area contributed by atoms with E-state index in [1.54, 1.807) is 0 Å². The highest BCUT2D eigenvalue weighted by molar-refractivity contribution is 5.92. The molecular formula is C22H23ClN2. The minimum absolute atomic E-state index is 0. The molecule has 1 aromatic heterocycles. The van der Waals surface area contributed by atoms with Crippen molar-refractivity contribution in [3.8, 4) is 0 Å². The van der Waals surface area contributed by atoms with E-state index in [1.165, 1.54) is 41.3 Å². The number of benzene rings is 2. The van der Waals surface area contributed by atoms with E-state index in [9.17, 15) is 0 Å². The summed E-state index contributed by atoms with van der Waals surface area (Å²) in [5.41, 5.74) is 3.55. The summed E-state index contributed by atoms with van der Waals surface area (Å²) in [6, 6.07) is 19.3. The van der Waals surface area contributed by atoms with E-state index < -0.39 is 0 Å². The third-order valence-corrected chi connectivity index (χ3v) is 4.74. The van der Waals surface area contributed by atoms with E-state index in [0.29, 0.717) is 0 Å². The minimum Gasteiger partial charge on any atom is -0.371 e. The van der Waals surface area contributed by atoms with Crippen LogP contribution in [0.25, 0.3) is 22.9 Å². The molecule has 0 bridgehead atoms. The second kappa shape index (κ2) is 8.17. The number of rotatable bonds is 3. The minimum atomic E-state index is 0. The summed E-state index contributed by atoms with van der Waals surface area (Å²) in [5.74, 6) is 0. The molecule has 0 atom stereocenters. The Morgan fingerprint density at radius 3 is 2.52 bits per heavy atom. The molecule has 0 aliphatic carbocycles. The zero-order valence-electron chi connectivity index (χ0n) is 14.3. The van der Waals surface area contributed by atoms with Gasteiger partial charge in [0.2, 0.25) is 0 Å². The van der Waals surface area contributed by atoms with Crippen molar-refractivity contribution in [1.82, 2.24) is 4.98 Å². The first-order valence-electron chi connectivity index (χ1n) is 8.77. The Labute approximate surface area is 155 Å². The molecule has 0 N–H and O–H groups in total. The summed E-state index contributed by atoms with van der Waals surface area (Å²) in [5, 5.41) is 2.55. The van der Waals surface area contributed by atoms with Gasteiger partial charge in [0.1, 0.15) is 0 Å². The summed E-state index contributed by atoms with van der Waals surface area (Å²) in [7, 11) is 0. The number of hydrogen-bond donors (Lipinski definition) is 0. The van der Waals surface area contributed by atoms with Gasteiger partial charge in [0.25, 0.3) is 0 Å². The maximum Gasteiger partial charge on any atom is 0.0650 e. The molecular weight excluding hydrogens is 328 g/mol. The molecule has 128 valence electrons. The topological polar surface area (TPSA) is 16.1 Å². The maximum atomic E-state index is 4.52. The molecule has 2 heterocycles. The van der Waals surface area contributed by atoms with Crippen LogP contribution in [0.4, 0.5) is 5.69 Å². The van der Waals surface area contributed by atoms with Gasteiger partial charge >= 0.3 is 0 Å². The second-order valence-electron chi connectivity index (χ2n) is 6.39. The number of nitrogens with zero attached hydrogens (tertiary/aromatic N) is 2. The molecule has 1 saturated heterocycles. The number of pyridine rings is 1. The average molecular weight is 351 g/mol. The lowest BCUT2D eigenvalue weighted by molar-refractivity contribution is 0.577. The highest BCUT2D eigenvalue weighted by atomic mass is 35.5. The lowest BCUT2D eigenvalue weighted by Gasteiger charge is -2.28. The Morgan fingerprint density at radius 1 is 0.840 bits per heavy atom. The van der Waals surface area contributed by atoms with Gasteiger partial charge in [-0.05, 0) is 53.8 Å². The Bertz CT molecular complexity index is 861. The molecule has 1 aliphatic heterocycles. The van der Waals surface area contributed by atoms with Crippen LogP contribution in [0.15, 0.2) is 60.8 Å². The van der Waals surface area contributed by atoms with Crippen LogP contribution < -0.4 is 4.90 Å². The molecule has 0 amide bonds. The van der Waals surface area contributed by atoms with Crippen LogP contribution in [0.5, 0.6) is 0 Å². The number of fused-ring (bicyclic) bond motifs is 1. The summed E-state index contributed by atoms with van der Waals surface area (Å²) in [6.45, 7) is 2.33. The maximum absolute atomic E-state index is 4.52. The molecule has 3 aromatic rings. The van der Waals surface area contributed by atoms with Gasteiger partial charge in [-0.1, -0.05) is 48.5 Å². The molecule has 0 saturated carbocycles. The lowest BCUT2D eigenvalue weighted by Crippen LogP contribution is -2.29. The van der Waals surface area contributed by atoms with Crippen LogP contribution in [0.2, 0.25) is 0 Å². The first-order valence-corrected chi connectivity index (χ1v) is 8.77. The van der Waals surface area contributed by atoms with Crippen LogP contribution in [0, 0.1) is 0 Å². The first-order chi connectivity index (χ1) is 11.9. The fourth-order valence-corrected chi connectivity index (χ4v) is 3.45. The summed E-state index contributed by atoms with van der Waals surface area (Å²) in [6.07, 6.45) is 10.2. The van der Waals surface area contributed by atoms with Crippen LogP contribution in [0.1, 0.15) is 30.5 Å². The Balaban J connectivity index is 0.00000182. The van der Waals surface area contributed by atoms with Gasteiger partial charge in [-0.3, -0.25) is 4.98 Å². The third-order valence-electron chi connectivity index (χ3n) is 4.74. The number of piperidine rings is 1. The highest BCUT2D eigenvalue weighted by Gasteiger charge is 2.10. The van der Waals surface area contributed by atoms with E-state index in [0.717, 1.165) is 18.8 Å². The van der Waals surface area contributed by atoms with E-state index in [2.05, 4.69) is 76.6 Å². The van der Waals surface area contributed by atoms with Gasteiger partial charge in [0.05, 0.1) is 5.69 Å². The molecule has 1 aliphatic rings. The van der Waals surface area contributed by atoms with Crippen molar-refractivity contribution in [3.05, 3.63) is 72.1 Å². The summed E-state index contributed by atoms with van der Waals surface area (Å²) in [4.78, 5) is 6.99. The number of aromatic nitrogens is 1. The van der Waals surface area contributed by atoms with Crippen LogP contribution in [0.3, 0.4) is 0 Å². The first kappa shape index (κ1) is 17.5. The van der Waals surface area contributed by atoms with Gasteiger partial charge < -0.3 is 4.90 Å². The zero-order valence-corrected chi connectivity index (χ0v) is 15.1. The second-order valence-corrected chi connectivity index (χ2v) is 6.39. The molecule has 0 radical (unpaired) electrons. The molecule has 2 aromatic carbocycles. The van der Waals surface area contributed by atoms with Gasteiger partial charge in [0.15, 0.2) is 0 Å². The average Bonchev–Trinajstić information content (AvgIpc) is 2.67. The van der Waals surface area contributed by atoms with Gasteiger partial charge in [-0.25, -0.2) is 0 Å². The van der Waals surface area contributed by atoms with Crippen molar-refractivity contribution in [3.63, 3.8) is 0 Å². The SMILES string of the molecule is C(=C/c1cccc2ccccc12)/c1cc(N2CCCCC2)ccn1.Cl. The van der Waals surface area contributed by atoms with E-state index in [4.69, 9.17) is 0 Å². The van der Waals surface area contributed by atoms with Gasteiger partial charge in [-0.15, -0.1) is 12.4 Å². The Morgan fingerprint density at radius 2 is 1.64 bits per heavy atom. The quantitative estimate of drug-likeness (QED) is 0.591. The van der Waals surface area contributed by atoms with Crippen LogP contribution in [-0.2, 0) is 0 Å². The predicted molar refractivity (Wildman–Crippen MR) is 110 cm³/mol. The predicted octanol–water partition coefficient (Wildman–Crippen LogP) is 5.82. The normalized spacial score (nSPS) is 14.6. The highest BCUT2D eigenvalue weighted by Crippen LogP contribution is 2.23. The third kappa shape index (κ3) is 4.02. The molecule has 1 fully saturated rings. The standard InChI is InChI=1S/C22H22N2.ClH/c1-4-15-24(16-5-1)21-13-14-23-20(17-21)12-11-19-9-6-8-18-7-2-3-10-22(18)19;/h2-3,6-14,17H,1,4-5,15-16H2;1H/b12-11-;. The molecule has 4 rings (SSSR count).